The van der Waals surface area contributed by atoms with E-state index in [2.05, 4.69) is 41.5 Å². The van der Waals surface area contributed by atoms with Crippen LogP contribution in [0.5, 0.6) is 0 Å². The lowest BCUT2D eigenvalue weighted by molar-refractivity contribution is 0.637. The van der Waals surface area contributed by atoms with Gasteiger partial charge in [0.25, 0.3) is 0 Å². The van der Waals surface area contributed by atoms with Gasteiger partial charge < -0.3 is 0 Å². The van der Waals surface area contributed by atoms with Gasteiger partial charge in [-0.3, -0.25) is 0 Å². The Kier molecular flexibility index (Phi) is 8.59. The molecule has 2 heteroatoms. The molecule has 0 aromatic carbocycles. The van der Waals surface area contributed by atoms with E-state index in [-0.39, 0.29) is 0 Å². The molecule has 0 amide bonds. The Morgan fingerprint density at radius 3 is 2.70 bits per heavy atom. The van der Waals surface area contributed by atoms with Crippen LogP contribution < -0.4 is 0 Å². The minimum atomic E-state index is 0.903. The monoisotopic (exact) mass is 224 g/mol. The van der Waals surface area contributed by atoms with Crippen molar-refractivity contribution in [3.8, 4) is 0 Å². The molecule has 0 rings (SSSR count). The molecule has 0 radical (unpaired) electrons. The summed E-state index contributed by atoms with van der Waals surface area (Å²) in [5, 5.41) is 1.15. The molecule has 1 unspecified atom stereocenters. The topological polar surface area (TPSA) is 0 Å². The fourth-order valence-corrected chi connectivity index (χ4v) is 2.36. The Morgan fingerprint density at radius 2 is 2.20 bits per heavy atom. The third kappa shape index (κ3) is 6.94. The number of thioether (sulfide) groups is 1. The van der Waals surface area contributed by atoms with Crippen LogP contribution in [0.25, 0.3) is 0 Å². The summed E-state index contributed by atoms with van der Waals surface area (Å²) in [6.07, 6.45) is 2.63. The van der Waals surface area contributed by atoms with E-state index in [0.717, 1.165) is 11.2 Å². The van der Waals surface area contributed by atoms with Gasteiger partial charge in [-0.05, 0) is 23.8 Å². The van der Waals surface area contributed by atoms with Crippen LogP contribution >= 0.6 is 27.7 Å². The van der Waals surface area contributed by atoms with Crippen LogP contribution in [0.4, 0.5) is 0 Å². The molecule has 0 saturated heterocycles. The molecule has 1 atom stereocenters. The van der Waals surface area contributed by atoms with E-state index in [1.165, 1.54) is 24.3 Å². The number of alkyl halides is 1. The second-order valence-corrected chi connectivity index (χ2v) is 4.57. The van der Waals surface area contributed by atoms with E-state index in [1.807, 2.05) is 0 Å². The van der Waals surface area contributed by atoms with E-state index in [0.29, 0.717) is 0 Å². The Balaban J connectivity index is 2.89. The molecule has 62 valence electrons. The fraction of sp³-hybridized carbons (Fsp3) is 1.00. The summed E-state index contributed by atoms with van der Waals surface area (Å²) < 4.78 is 0. The maximum Gasteiger partial charge on any atom is 0.00391 e. The van der Waals surface area contributed by atoms with Crippen LogP contribution in [-0.4, -0.2) is 16.8 Å². The van der Waals surface area contributed by atoms with Gasteiger partial charge in [0.1, 0.15) is 0 Å². The standard InChI is InChI=1S/C8H17BrS/c1-3-8(2)7-10-6-4-5-9/h8H,3-7H2,1-2H3. The van der Waals surface area contributed by atoms with Crippen LogP contribution in [0.2, 0.25) is 0 Å². The first-order valence-corrected chi connectivity index (χ1v) is 6.22. The van der Waals surface area contributed by atoms with Crippen LogP contribution in [0.15, 0.2) is 0 Å². The number of hydrogen-bond donors (Lipinski definition) is 0. The number of rotatable bonds is 6. The molecule has 0 aliphatic heterocycles. The van der Waals surface area contributed by atoms with Crippen LogP contribution in [-0.2, 0) is 0 Å². The molecule has 0 aromatic heterocycles. The third-order valence-electron chi connectivity index (χ3n) is 1.52. The predicted molar refractivity (Wildman–Crippen MR) is 55.2 cm³/mol. The molecule has 0 aliphatic carbocycles. The van der Waals surface area contributed by atoms with Gasteiger partial charge in [-0.25, -0.2) is 0 Å². The zero-order valence-electron chi connectivity index (χ0n) is 6.90. The van der Waals surface area contributed by atoms with E-state index in [1.54, 1.807) is 0 Å². The van der Waals surface area contributed by atoms with E-state index in [9.17, 15) is 0 Å². The van der Waals surface area contributed by atoms with Gasteiger partial charge in [-0.1, -0.05) is 36.2 Å². The summed E-state index contributed by atoms with van der Waals surface area (Å²) in [6.45, 7) is 4.58. The lowest BCUT2D eigenvalue weighted by atomic mass is 10.2. The third-order valence-corrected chi connectivity index (χ3v) is 3.46. The first-order valence-electron chi connectivity index (χ1n) is 3.95. The molecular weight excluding hydrogens is 208 g/mol. The highest BCUT2D eigenvalue weighted by molar-refractivity contribution is 9.09. The number of hydrogen-bond acceptors (Lipinski definition) is 1. The fourth-order valence-electron chi connectivity index (χ4n) is 0.559. The second-order valence-electron chi connectivity index (χ2n) is 2.63. The minimum absolute atomic E-state index is 0.903. The summed E-state index contributed by atoms with van der Waals surface area (Å²) in [5.41, 5.74) is 0. The van der Waals surface area contributed by atoms with Gasteiger partial charge in [0, 0.05) is 5.33 Å². The first-order chi connectivity index (χ1) is 4.81. The quantitative estimate of drug-likeness (QED) is 0.492. The zero-order chi connectivity index (χ0) is 7.82. The van der Waals surface area contributed by atoms with Gasteiger partial charge in [0.2, 0.25) is 0 Å². The Morgan fingerprint density at radius 1 is 1.50 bits per heavy atom. The van der Waals surface area contributed by atoms with Gasteiger partial charge in [-0.2, -0.15) is 11.8 Å². The van der Waals surface area contributed by atoms with E-state index in [4.69, 9.17) is 0 Å². The van der Waals surface area contributed by atoms with Crippen molar-refractivity contribution >= 4 is 27.7 Å². The van der Waals surface area contributed by atoms with Crippen molar-refractivity contribution in [1.29, 1.82) is 0 Å². The van der Waals surface area contributed by atoms with E-state index >= 15 is 0 Å². The molecule has 0 aromatic rings. The van der Waals surface area contributed by atoms with Gasteiger partial charge in [-0.15, -0.1) is 0 Å². The van der Waals surface area contributed by atoms with Crippen molar-refractivity contribution in [1.82, 2.24) is 0 Å². The van der Waals surface area contributed by atoms with Gasteiger partial charge >= 0.3 is 0 Å². The molecule has 0 bridgehead atoms. The highest BCUT2D eigenvalue weighted by atomic mass is 79.9. The smallest absolute Gasteiger partial charge is 0.00391 e. The molecule has 0 nitrogen and oxygen atoms in total. The first kappa shape index (κ1) is 10.8. The Labute approximate surface area is 77.3 Å². The van der Waals surface area contributed by atoms with Crippen molar-refractivity contribution < 1.29 is 0 Å². The minimum Gasteiger partial charge on any atom is -0.162 e. The van der Waals surface area contributed by atoms with E-state index < -0.39 is 0 Å². The molecule has 0 fully saturated rings. The average Bonchev–Trinajstić information content (AvgIpc) is 1.98. The summed E-state index contributed by atoms with van der Waals surface area (Å²) in [4.78, 5) is 0. The lowest BCUT2D eigenvalue weighted by Crippen LogP contribution is -1.96. The maximum atomic E-state index is 3.42. The largest absolute Gasteiger partial charge is 0.162 e. The van der Waals surface area contributed by atoms with Crippen molar-refractivity contribution in [2.24, 2.45) is 5.92 Å². The zero-order valence-corrected chi connectivity index (χ0v) is 9.30. The summed E-state index contributed by atoms with van der Waals surface area (Å²) in [6, 6.07) is 0. The molecule has 10 heavy (non-hydrogen) atoms. The molecule has 0 N–H and O–H groups in total. The molecular formula is C8H17BrS. The van der Waals surface area contributed by atoms with Crippen LogP contribution in [0.1, 0.15) is 26.7 Å². The summed E-state index contributed by atoms with van der Waals surface area (Å²) in [5.74, 6) is 3.55. The van der Waals surface area contributed by atoms with Crippen molar-refractivity contribution in [3.63, 3.8) is 0 Å². The Hall–Kier alpha value is 0.830. The van der Waals surface area contributed by atoms with Gasteiger partial charge in [0.05, 0.1) is 0 Å². The summed E-state index contributed by atoms with van der Waals surface area (Å²) >= 11 is 5.50. The molecule has 0 spiro atoms. The normalized spacial score (nSPS) is 13.5. The average molecular weight is 225 g/mol. The van der Waals surface area contributed by atoms with Crippen LogP contribution in [0.3, 0.4) is 0 Å². The maximum absolute atomic E-state index is 3.42. The van der Waals surface area contributed by atoms with Crippen molar-refractivity contribution in [2.75, 3.05) is 16.8 Å². The predicted octanol–water partition coefficient (Wildman–Crippen LogP) is 3.55. The van der Waals surface area contributed by atoms with Crippen molar-refractivity contribution in [3.05, 3.63) is 0 Å². The highest BCUT2D eigenvalue weighted by Gasteiger charge is 1.96. The van der Waals surface area contributed by atoms with Gasteiger partial charge in [0.15, 0.2) is 0 Å². The SMILES string of the molecule is CCC(C)CSCCCBr. The van der Waals surface area contributed by atoms with Crippen LogP contribution in [0, 0.1) is 5.92 Å². The Bertz CT molecular complexity index is 66.3. The molecule has 0 aliphatic rings. The lowest BCUT2D eigenvalue weighted by Gasteiger charge is -2.05. The van der Waals surface area contributed by atoms with Crippen molar-refractivity contribution in [2.45, 2.75) is 26.7 Å². The highest BCUT2D eigenvalue weighted by Crippen LogP contribution is 2.12. The molecule has 0 saturated carbocycles. The molecule has 0 heterocycles. The summed E-state index contributed by atoms with van der Waals surface area (Å²) in [7, 11) is 0. The second kappa shape index (κ2) is 7.93. The number of halogens is 1.